The number of benzene rings is 3. The van der Waals surface area contributed by atoms with Crippen molar-refractivity contribution in [1.29, 1.82) is 0 Å². The number of carboxylic acids is 3. The first-order valence-corrected chi connectivity index (χ1v) is 21.7. The van der Waals surface area contributed by atoms with Crippen LogP contribution in [0, 0.1) is 35.5 Å². The first-order chi connectivity index (χ1) is 29.6. The summed E-state index contributed by atoms with van der Waals surface area (Å²) in [6.07, 6.45) is 3.56. The molecule has 9 rings (SSSR count). The molecule has 3 aromatic heterocycles. The third-order valence-corrected chi connectivity index (χ3v) is 13.3. The molecule has 0 radical (unpaired) electrons. The molecule has 0 spiro atoms. The summed E-state index contributed by atoms with van der Waals surface area (Å²) in [4.78, 5) is 39.0. The van der Waals surface area contributed by atoms with Gasteiger partial charge in [-0.05, 0) is 148 Å². The van der Waals surface area contributed by atoms with Gasteiger partial charge in [-0.3, -0.25) is 19.3 Å². The van der Waals surface area contributed by atoms with E-state index in [-0.39, 0.29) is 17.8 Å². The summed E-state index contributed by atoms with van der Waals surface area (Å²) in [6, 6.07) is 24.4. The number of carbonyl (C=O) groups is 3. The number of aliphatic carboxylic acids is 3. The van der Waals surface area contributed by atoms with Crippen molar-refractivity contribution in [2.24, 2.45) is 35.5 Å². The number of hydrogen-bond acceptors (Lipinski definition) is 10. The molecule has 13 nitrogen and oxygen atoms in total. The molecule has 3 aliphatic heterocycles. The van der Waals surface area contributed by atoms with Crippen LogP contribution in [-0.4, -0.2) is 77.4 Å². The Balaban J connectivity index is 0.966. The molecular formula is C48H54N4O9. The molecule has 3 fully saturated rings. The molecule has 3 saturated heterocycles. The lowest BCUT2D eigenvalue weighted by molar-refractivity contribution is -0.144. The summed E-state index contributed by atoms with van der Waals surface area (Å²) in [5.41, 5.74) is 5.42. The van der Waals surface area contributed by atoms with E-state index in [1.165, 1.54) is 0 Å². The van der Waals surface area contributed by atoms with Gasteiger partial charge >= 0.3 is 17.9 Å². The third-order valence-electron chi connectivity index (χ3n) is 13.3. The largest absolute Gasteiger partial charge is 0.481 e. The average molecular weight is 831 g/mol. The van der Waals surface area contributed by atoms with Gasteiger partial charge in [0.15, 0.2) is 0 Å². The van der Waals surface area contributed by atoms with E-state index in [0.717, 1.165) is 88.5 Å². The zero-order valence-corrected chi connectivity index (χ0v) is 34.2. The molecule has 0 unspecified atom stereocenters. The molecule has 3 aromatic carbocycles. The zero-order chi connectivity index (χ0) is 42.0. The van der Waals surface area contributed by atoms with Gasteiger partial charge in [-0.1, -0.05) is 18.2 Å². The first kappa shape index (κ1) is 40.9. The maximum Gasteiger partial charge on any atom is 0.307 e. The van der Waals surface area contributed by atoms with Gasteiger partial charge in [0.1, 0.15) is 34.0 Å². The SMILES string of the molecule is O=C(O)[C@@H](Cc1cc2cc(CN(Cc3ccc4oc(C[C@H](C(=O)O)[C@H]5CCNC5)cc4c3)Cc3ccc4oc(C[C@H](C(=O)O)[C@H]5CCNC5)cc4c3)ccc2o1)[C@H]1CCNC1. The highest BCUT2D eigenvalue weighted by molar-refractivity contribution is 5.81. The van der Waals surface area contributed by atoms with Crippen LogP contribution in [0.4, 0.5) is 0 Å². The number of fused-ring (bicyclic) bond motifs is 3. The molecule has 0 aliphatic carbocycles. The lowest BCUT2D eigenvalue weighted by Crippen LogP contribution is -2.27. The predicted molar refractivity (Wildman–Crippen MR) is 229 cm³/mol. The quantitative estimate of drug-likeness (QED) is 0.0538. The molecule has 0 bridgehead atoms. The fourth-order valence-electron chi connectivity index (χ4n) is 10.1. The average Bonchev–Trinajstić information content (AvgIpc) is 4.08. The van der Waals surface area contributed by atoms with Crippen LogP contribution < -0.4 is 16.0 Å². The van der Waals surface area contributed by atoms with Gasteiger partial charge in [-0.15, -0.1) is 0 Å². The Kier molecular flexibility index (Phi) is 12.0. The molecule has 13 heteroatoms. The first-order valence-electron chi connectivity index (χ1n) is 21.7. The molecule has 0 saturated carbocycles. The van der Waals surface area contributed by atoms with Gasteiger partial charge in [0, 0.05) is 55.1 Å². The molecular weight excluding hydrogens is 777 g/mol. The van der Waals surface area contributed by atoms with Crippen molar-refractivity contribution in [3.63, 3.8) is 0 Å². The fraction of sp³-hybridized carbons (Fsp3) is 0.438. The molecule has 3 aliphatic rings. The van der Waals surface area contributed by atoms with Gasteiger partial charge in [0.05, 0.1) is 17.8 Å². The van der Waals surface area contributed by atoms with Crippen LogP contribution >= 0.6 is 0 Å². The lowest BCUT2D eigenvalue weighted by atomic mass is 9.88. The van der Waals surface area contributed by atoms with Crippen molar-refractivity contribution in [1.82, 2.24) is 20.9 Å². The molecule has 61 heavy (non-hydrogen) atoms. The molecule has 6 aromatic rings. The summed E-state index contributed by atoms with van der Waals surface area (Å²) in [6.45, 7) is 6.43. The highest BCUT2D eigenvalue weighted by Crippen LogP contribution is 2.32. The zero-order valence-electron chi connectivity index (χ0n) is 34.2. The Morgan fingerprint density at radius 3 is 1.08 bits per heavy atom. The summed E-state index contributed by atoms with van der Waals surface area (Å²) < 4.78 is 18.6. The topological polar surface area (TPSA) is 191 Å². The number of nitrogens with one attached hydrogen (secondary N) is 3. The summed E-state index contributed by atoms with van der Waals surface area (Å²) in [5.74, 6) is -1.67. The van der Waals surface area contributed by atoms with E-state index in [9.17, 15) is 29.7 Å². The van der Waals surface area contributed by atoms with E-state index >= 15 is 0 Å². The monoisotopic (exact) mass is 830 g/mol. The number of rotatable bonds is 18. The molecule has 0 amide bonds. The van der Waals surface area contributed by atoms with Crippen LogP contribution in [0.15, 0.2) is 86.0 Å². The Bertz CT molecular complexity index is 2240. The Morgan fingerprint density at radius 2 is 0.820 bits per heavy atom. The van der Waals surface area contributed by atoms with E-state index in [2.05, 4.69) is 57.2 Å². The molecule has 6 N–H and O–H groups in total. The second-order valence-electron chi connectivity index (χ2n) is 17.6. The summed E-state index contributed by atoms with van der Waals surface area (Å²) in [7, 11) is 0. The van der Waals surface area contributed by atoms with E-state index in [4.69, 9.17) is 13.3 Å². The lowest BCUT2D eigenvalue weighted by Gasteiger charge is -2.23. The van der Waals surface area contributed by atoms with Crippen molar-refractivity contribution in [2.75, 3.05) is 39.3 Å². The Hall–Kier alpha value is -5.47. The van der Waals surface area contributed by atoms with Crippen LogP contribution in [-0.2, 0) is 53.3 Å². The highest BCUT2D eigenvalue weighted by Gasteiger charge is 2.34. The van der Waals surface area contributed by atoms with Crippen molar-refractivity contribution >= 4 is 50.8 Å². The van der Waals surface area contributed by atoms with Crippen LogP contribution in [0.5, 0.6) is 0 Å². The number of carboxylic acid groups (broad SMARTS) is 3. The Labute approximate surface area is 353 Å². The van der Waals surface area contributed by atoms with E-state index in [1.54, 1.807) is 0 Å². The van der Waals surface area contributed by atoms with Gasteiger partial charge < -0.3 is 44.5 Å². The van der Waals surface area contributed by atoms with Crippen molar-refractivity contribution < 1.29 is 43.0 Å². The number of nitrogens with zero attached hydrogens (tertiary/aromatic N) is 1. The maximum absolute atomic E-state index is 12.2. The number of hydrogen-bond donors (Lipinski definition) is 6. The Morgan fingerprint density at radius 1 is 0.508 bits per heavy atom. The smallest absolute Gasteiger partial charge is 0.307 e. The molecule has 320 valence electrons. The fourth-order valence-corrected chi connectivity index (χ4v) is 10.1. The van der Waals surface area contributed by atoms with Crippen molar-refractivity contribution in [2.45, 2.75) is 58.2 Å². The summed E-state index contributed by atoms with van der Waals surface area (Å²) in [5, 5.41) is 42.8. The number of furan rings is 3. The minimum Gasteiger partial charge on any atom is -0.481 e. The maximum atomic E-state index is 12.2. The third kappa shape index (κ3) is 9.40. The predicted octanol–water partition coefficient (Wildman–Crippen LogP) is 6.69. The highest BCUT2D eigenvalue weighted by atomic mass is 16.4. The second-order valence-corrected chi connectivity index (χ2v) is 17.6. The van der Waals surface area contributed by atoms with Crippen LogP contribution in [0.1, 0.15) is 53.2 Å². The van der Waals surface area contributed by atoms with Gasteiger partial charge in [0.2, 0.25) is 0 Å². The minimum absolute atomic E-state index is 0.0720. The van der Waals surface area contributed by atoms with Gasteiger partial charge in [-0.2, -0.15) is 0 Å². The molecule has 6 heterocycles. The van der Waals surface area contributed by atoms with E-state index < -0.39 is 35.7 Å². The second kappa shape index (κ2) is 17.9. The van der Waals surface area contributed by atoms with Crippen molar-refractivity contribution in [3.05, 3.63) is 107 Å². The van der Waals surface area contributed by atoms with Crippen LogP contribution in [0.2, 0.25) is 0 Å². The van der Waals surface area contributed by atoms with Crippen molar-refractivity contribution in [3.8, 4) is 0 Å². The van der Waals surface area contributed by atoms with Crippen LogP contribution in [0.25, 0.3) is 32.9 Å². The van der Waals surface area contributed by atoms with E-state index in [1.807, 2.05) is 36.4 Å². The normalized spacial score (nSPS) is 20.9. The standard InChI is InChI=1S/C48H54N4O9/c53-46(54)40(31-7-10-49-22-31)19-37-16-34-13-28(1-4-43(34)59-37)25-52(26-29-2-5-44-35(14-29)17-38(60-44)20-41(47(55)56)32-8-11-50-23-32)27-30-3-6-45-36(15-30)18-39(61-45)21-42(48(57)58)33-9-12-51-24-33/h1-6,13-18,31-33,40-42,49-51H,7-12,19-27H2,(H,53,54)(H,55,56)(H,57,58)/t31-,32-,33-,40-,41-,42-/m0/s1. The van der Waals surface area contributed by atoms with Crippen LogP contribution in [0.3, 0.4) is 0 Å². The van der Waals surface area contributed by atoms with Gasteiger partial charge in [0.25, 0.3) is 0 Å². The van der Waals surface area contributed by atoms with E-state index in [0.29, 0.717) is 75.8 Å². The summed E-state index contributed by atoms with van der Waals surface area (Å²) >= 11 is 0. The molecule has 6 atom stereocenters. The van der Waals surface area contributed by atoms with Gasteiger partial charge in [-0.25, -0.2) is 0 Å². The minimum atomic E-state index is -0.794.